The van der Waals surface area contributed by atoms with Crippen LogP contribution in [-0.4, -0.2) is 31.7 Å². The SMILES string of the molecule is CC(C)(S(C)(=O)=O)S(=O)(=O)[O-].[Na+]. The normalized spacial score (nSPS) is 13.7. The van der Waals surface area contributed by atoms with Gasteiger partial charge in [0.1, 0.15) is 10.1 Å². The Morgan fingerprint density at radius 1 is 1.08 bits per heavy atom. The third-order valence-electron chi connectivity index (χ3n) is 1.50. The summed E-state index contributed by atoms with van der Waals surface area (Å²) in [4.78, 5) is 0. The Kier molecular flexibility index (Phi) is 5.03. The van der Waals surface area contributed by atoms with Gasteiger partial charge in [0.05, 0.1) is 0 Å². The molecule has 68 valence electrons. The Morgan fingerprint density at radius 3 is 1.33 bits per heavy atom. The van der Waals surface area contributed by atoms with Crippen LogP contribution in [0.25, 0.3) is 0 Å². The topological polar surface area (TPSA) is 91.3 Å². The van der Waals surface area contributed by atoms with E-state index in [1.54, 1.807) is 0 Å². The summed E-state index contributed by atoms with van der Waals surface area (Å²) in [6.45, 7) is 1.73. The van der Waals surface area contributed by atoms with Crippen molar-refractivity contribution in [3.05, 3.63) is 0 Å². The first-order chi connectivity index (χ1) is 4.50. The molecule has 8 heteroatoms. The first-order valence-electron chi connectivity index (χ1n) is 2.65. The molecule has 0 rings (SSSR count). The molecule has 0 aliphatic rings. The molecule has 0 heterocycles. The standard InChI is InChI=1S/C4H10O5S2.Na/c1-4(2,10(3,5)6)11(7,8)9;/h1-3H3,(H,7,8,9);/q;+1/p-1. The van der Waals surface area contributed by atoms with E-state index < -0.39 is 24.0 Å². The molecule has 0 bridgehead atoms. The van der Waals surface area contributed by atoms with Crippen molar-refractivity contribution in [2.24, 2.45) is 0 Å². The molecule has 0 saturated carbocycles. The molecule has 0 unspecified atom stereocenters. The molecule has 0 aromatic carbocycles. The van der Waals surface area contributed by atoms with Crippen molar-refractivity contribution in [3.63, 3.8) is 0 Å². The van der Waals surface area contributed by atoms with Crippen molar-refractivity contribution in [1.29, 1.82) is 0 Å². The maximum atomic E-state index is 10.7. The Bertz CT molecular complexity index is 304. The maximum absolute atomic E-state index is 10.7. The van der Waals surface area contributed by atoms with E-state index in [-0.39, 0.29) is 29.6 Å². The summed E-state index contributed by atoms with van der Waals surface area (Å²) in [5, 5.41) is 0. The van der Waals surface area contributed by atoms with Gasteiger partial charge in [0, 0.05) is 6.26 Å². The smallest absolute Gasteiger partial charge is 0.747 e. The van der Waals surface area contributed by atoms with Gasteiger partial charge < -0.3 is 4.55 Å². The van der Waals surface area contributed by atoms with Crippen molar-refractivity contribution >= 4 is 20.0 Å². The second-order valence-corrected chi connectivity index (χ2v) is 7.38. The second kappa shape index (κ2) is 3.93. The Hall–Kier alpha value is 0.860. The van der Waals surface area contributed by atoms with E-state index in [4.69, 9.17) is 0 Å². The number of rotatable bonds is 2. The van der Waals surface area contributed by atoms with Crippen LogP contribution in [0, 0.1) is 0 Å². The second-order valence-electron chi connectivity index (χ2n) is 2.63. The molecule has 0 radical (unpaired) electrons. The molecule has 0 aromatic rings. The van der Waals surface area contributed by atoms with Crippen LogP contribution in [0.4, 0.5) is 0 Å². The van der Waals surface area contributed by atoms with E-state index in [0.29, 0.717) is 6.26 Å². The van der Waals surface area contributed by atoms with E-state index in [9.17, 15) is 21.4 Å². The van der Waals surface area contributed by atoms with Gasteiger partial charge in [-0.15, -0.1) is 0 Å². The summed E-state index contributed by atoms with van der Waals surface area (Å²) in [5.74, 6) is 0. The minimum absolute atomic E-state index is 0. The van der Waals surface area contributed by atoms with Gasteiger partial charge in [-0.1, -0.05) is 0 Å². The Morgan fingerprint density at radius 2 is 1.33 bits per heavy atom. The van der Waals surface area contributed by atoms with Gasteiger partial charge in [-0.25, -0.2) is 16.8 Å². The van der Waals surface area contributed by atoms with Crippen LogP contribution in [0.5, 0.6) is 0 Å². The summed E-state index contributed by atoms with van der Waals surface area (Å²) in [5.41, 5.74) is 0. The van der Waals surface area contributed by atoms with Crippen LogP contribution in [0.3, 0.4) is 0 Å². The number of hydrogen-bond donors (Lipinski definition) is 0. The summed E-state index contributed by atoms with van der Waals surface area (Å²) < 4.78 is 50.3. The fourth-order valence-electron chi connectivity index (χ4n) is 0.185. The molecular formula is C4H9NaO5S2. The molecule has 0 aliphatic heterocycles. The molecular weight excluding hydrogens is 215 g/mol. The molecule has 0 N–H and O–H groups in total. The summed E-state index contributed by atoms with van der Waals surface area (Å²) >= 11 is 0. The average Bonchev–Trinajstić information content (AvgIpc) is 1.58. The summed E-state index contributed by atoms with van der Waals surface area (Å²) in [7, 11) is -8.66. The zero-order valence-electron chi connectivity index (χ0n) is 7.36. The van der Waals surface area contributed by atoms with Gasteiger partial charge in [-0.3, -0.25) is 0 Å². The molecule has 0 spiro atoms. The van der Waals surface area contributed by atoms with Gasteiger partial charge in [-0.05, 0) is 13.8 Å². The van der Waals surface area contributed by atoms with Gasteiger partial charge in [0.25, 0.3) is 0 Å². The molecule has 5 nitrogen and oxygen atoms in total. The van der Waals surface area contributed by atoms with Gasteiger partial charge in [-0.2, -0.15) is 0 Å². The molecule has 0 fully saturated rings. The first kappa shape index (κ1) is 15.3. The van der Waals surface area contributed by atoms with Crippen molar-refractivity contribution in [2.75, 3.05) is 6.26 Å². The van der Waals surface area contributed by atoms with Crippen LogP contribution < -0.4 is 29.6 Å². The van der Waals surface area contributed by atoms with Gasteiger partial charge in [0.2, 0.25) is 0 Å². The van der Waals surface area contributed by atoms with E-state index in [0.717, 1.165) is 13.8 Å². The van der Waals surface area contributed by atoms with E-state index in [1.165, 1.54) is 0 Å². The fourth-order valence-corrected chi connectivity index (χ4v) is 1.67. The molecule has 0 saturated heterocycles. The number of sulfone groups is 1. The Balaban J connectivity index is 0. The third kappa shape index (κ3) is 2.97. The third-order valence-corrected chi connectivity index (χ3v) is 6.01. The van der Waals surface area contributed by atoms with Gasteiger partial charge >= 0.3 is 29.6 Å². The predicted molar refractivity (Wildman–Crippen MR) is 38.6 cm³/mol. The summed E-state index contributed by atoms with van der Waals surface area (Å²) in [6, 6.07) is 0. The fraction of sp³-hybridized carbons (Fsp3) is 1.00. The van der Waals surface area contributed by atoms with Crippen LogP contribution >= 0.6 is 0 Å². The minimum Gasteiger partial charge on any atom is -0.747 e. The molecule has 0 aromatic heterocycles. The largest absolute Gasteiger partial charge is 1.00 e. The van der Waals surface area contributed by atoms with Crippen molar-refractivity contribution in [3.8, 4) is 0 Å². The van der Waals surface area contributed by atoms with Gasteiger partial charge in [0.15, 0.2) is 13.9 Å². The van der Waals surface area contributed by atoms with Crippen molar-refractivity contribution in [1.82, 2.24) is 0 Å². The predicted octanol–water partition coefficient (Wildman–Crippen LogP) is -3.68. The zero-order valence-corrected chi connectivity index (χ0v) is 11.0. The first-order valence-corrected chi connectivity index (χ1v) is 5.95. The monoisotopic (exact) mass is 224 g/mol. The van der Waals surface area contributed by atoms with Crippen molar-refractivity contribution in [2.45, 2.75) is 17.9 Å². The van der Waals surface area contributed by atoms with Crippen LogP contribution in [0.15, 0.2) is 0 Å². The minimum atomic E-state index is -4.80. The van der Waals surface area contributed by atoms with Crippen molar-refractivity contribution < 1.29 is 50.9 Å². The van der Waals surface area contributed by atoms with E-state index >= 15 is 0 Å². The molecule has 12 heavy (non-hydrogen) atoms. The van der Waals surface area contributed by atoms with Crippen LogP contribution in [-0.2, 0) is 20.0 Å². The number of hydrogen-bond acceptors (Lipinski definition) is 5. The van der Waals surface area contributed by atoms with Crippen LogP contribution in [0.1, 0.15) is 13.8 Å². The van der Waals surface area contributed by atoms with E-state index in [1.807, 2.05) is 0 Å². The molecule has 0 amide bonds. The molecule has 0 atom stereocenters. The average molecular weight is 224 g/mol. The Labute approximate surface area is 94.5 Å². The quantitative estimate of drug-likeness (QED) is 0.356. The zero-order chi connectivity index (χ0) is 9.50. The molecule has 0 aliphatic carbocycles. The van der Waals surface area contributed by atoms with E-state index in [2.05, 4.69) is 0 Å². The summed E-state index contributed by atoms with van der Waals surface area (Å²) in [6.07, 6.45) is 0.711. The van der Waals surface area contributed by atoms with Crippen LogP contribution in [0.2, 0.25) is 0 Å². The maximum Gasteiger partial charge on any atom is 1.00 e.